The third-order valence-electron chi connectivity index (χ3n) is 4.88. The number of nitrogens with zero attached hydrogens (tertiary/aromatic N) is 2. The molecule has 0 spiro atoms. The molecule has 0 radical (unpaired) electrons. The van der Waals surface area contributed by atoms with Gasteiger partial charge in [-0.3, -0.25) is 4.79 Å². The fraction of sp³-hybridized carbons (Fsp3) is 0.529. The maximum atomic E-state index is 12.9. The van der Waals surface area contributed by atoms with Crippen LogP contribution in [-0.2, 0) is 12.8 Å². The first-order valence-corrected chi connectivity index (χ1v) is 9.00. The van der Waals surface area contributed by atoms with Gasteiger partial charge in [-0.1, -0.05) is 0 Å². The number of likely N-dealkylation sites (tertiary alicyclic amines) is 1. The van der Waals surface area contributed by atoms with E-state index in [1.165, 1.54) is 23.3 Å². The van der Waals surface area contributed by atoms with Gasteiger partial charge in [-0.05, 0) is 44.6 Å². The number of imidazole rings is 1. The fourth-order valence-electron chi connectivity index (χ4n) is 3.65. The third kappa shape index (κ3) is 2.37. The molecule has 2 aliphatic rings. The van der Waals surface area contributed by atoms with Crippen LogP contribution in [0.1, 0.15) is 57.5 Å². The van der Waals surface area contributed by atoms with E-state index in [2.05, 4.69) is 15.3 Å². The lowest BCUT2D eigenvalue weighted by atomic mass is 9.95. The van der Waals surface area contributed by atoms with Crippen molar-refractivity contribution in [2.45, 2.75) is 44.9 Å². The van der Waals surface area contributed by atoms with Gasteiger partial charge in [0.15, 0.2) is 0 Å². The summed E-state index contributed by atoms with van der Waals surface area (Å²) in [5.74, 6) is 1.61. The van der Waals surface area contributed by atoms with Crippen molar-refractivity contribution in [3.63, 3.8) is 0 Å². The van der Waals surface area contributed by atoms with Crippen molar-refractivity contribution < 1.29 is 4.79 Å². The van der Waals surface area contributed by atoms with E-state index in [4.69, 9.17) is 0 Å². The molecule has 5 heteroatoms. The van der Waals surface area contributed by atoms with E-state index < -0.39 is 0 Å². The van der Waals surface area contributed by atoms with Crippen LogP contribution in [0.15, 0.2) is 11.6 Å². The summed E-state index contributed by atoms with van der Waals surface area (Å²) in [5.41, 5.74) is 3.39. The van der Waals surface area contributed by atoms with Crippen molar-refractivity contribution in [2.75, 3.05) is 13.1 Å². The van der Waals surface area contributed by atoms with Gasteiger partial charge < -0.3 is 9.88 Å². The summed E-state index contributed by atoms with van der Waals surface area (Å²) in [6, 6.07) is 0. The van der Waals surface area contributed by atoms with Crippen molar-refractivity contribution in [3.8, 4) is 0 Å². The molecule has 1 atom stereocenters. The van der Waals surface area contributed by atoms with Crippen molar-refractivity contribution in [3.05, 3.63) is 39.1 Å². The topological polar surface area (TPSA) is 49.0 Å². The van der Waals surface area contributed by atoms with E-state index in [1.54, 1.807) is 11.3 Å². The minimum atomic E-state index is 0.227. The van der Waals surface area contributed by atoms with Gasteiger partial charge in [-0.15, -0.1) is 11.3 Å². The molecule has 0 unspecified atom stereocenters. The Morgan fingerprint density at radius 1 is 1.41 bits per heavy atom. The van der Waals surface area contributed by atoms with Crippen molar-refractivity contribution in [1.82, 2.24) is 14.9 Å². The molecule has 4 nitrogen and oxygen atoms in total. The van der Waals surface area contributed by atoms with Gasteiger partial charge in [0.2, 0.25) is 0 Å². The fourth-order valence-corrected chi connectivity index (χ4v) is 4.77. The van der Waals surface area contributed by atoms with Crippen LogP contribution >= 0.6 is 11.3 Å². The summed E-state index contributed by atoms with van der Waals surface area (Å²) >= 11 is 1.77. The number of aromatic nitrogens is 2. The van der Waals surface area contributed by atoms with Gasteiger partial charge in [0.1, 0.15) is 5.82 Å². The number of rotatable bonds is 2. The van der Waals surface area contributed by atoms with Crippen LogP contribution in [0.5, 0.6) is 0 Å². The first-order valence-electron chi connectivity index (χ1n) is 8.12. The second-order valence-electron chi connectivity index (χ2n) is 6.45. The van der Waals surface area contributed by atoms with E-state index in [0.717, 1.165) is 49.4 Å². The molecule has 1 amide bonds. The van der Waals surface area contributed by atoms with Crippen LogP contribution in [0.3, 0.4) is 0 Å². The molecule has 2 aromatic heterocycles. The smallest absolute Gasteiger partial charge is 0.255 e. The highest BCUT2D eigenvalue weighted by Crippen LogP contribution is 2.33. The highest BCUT2D eigenvalue weighted by atomic mass is 32.1. The largest absolute Gasteiger partial charge is 0.346 e. The van der Waals surface area contributed by atoms with Gasteiger partial charge in [-0.2, -0.15) is 0 Å². The molecule has 1 fully saturated rings. The Kier molecular flexibility index (Phi) is 3.53. The van der Waals surface area contributed by atoms with Crippen molar-refractivity contribution >= 4 is 17.2 Å². The van der Waals surface area contributed by atoms with Crippen LogP contribution in [0, 0.1) is 6.92 Å². The number of aryl methyl sites for hydroxylation is 2. The number of amides is 1. The Hall–Kier alpha value is -1.62. The SMILES string of the molecule is Cc1cnc([C@H]2CCN(C(=O)c3csc4c3CCCC4)C2)[nH]1. The summed E-state index contributed by atoms with van der Waals surface area (Å²) in [7, 11) is 0. The van der Waals surface area contributed by atoms with Gasteiger partial charge in [-0.25, -0.2) is 4.98 Å². The number of hydrogen-bond acceptors (Lipinski definition) is 3. The Morgan fingerprint density at radius 3 is 3.09 bits per heavy atom. The molecule has 22 heavy (non-hydrogen) atoms. The Labute approximate surface area is 134 Å². The molecular weight excluding hydrogens is 294 g/mol. The maximum Gasteiger partial charge on any atom is 0.255 e. The number of aromatic amines is 1. The lowest BCUT2D eigenvalue weighted by Crippen LogP contribution is -2.29. The highest BCUT2D eigenvalue weighted by Gasteiger charge is 2.31. The predicted octanol–water partition coefficient (Wildman–Crippen LogP) is 3.29. The number of thiophene rings is 1. The summed E-state index contributed by atoms with van der Waals surface area (Å²) in [6.45, 7) is 3.65. The lowest BCUT2D eigenvalue weighted by molar-refractivity contribution is 0.0790. The van der Waals surface area contributed by atoms with Gasteiger partial charge >= 0.3 is 0 Å². The number of hydrogen-bond donors (Lipinski definition) is 1. The molecule has 1 aliphatic heterocycles. The standard InChI is InChI=1S/C17H21N3OS/c1-11-8-18-16(19-11)12-6-7-20(9-12)17(21)14-10-22-15-5-3-2-4-13(14)15/h8,10,12H,2-7,9H2,1H3,(H,18,19)/t12-/m0/s1. The number of H-pyrrole nitrogens is 1. The van der Waals surface area contributed by atoms with Gasteiger partial charge in [0, 0.05) is 41.2 Å². The van der Waals surface area contributed by atoms with Crippen LogP contribution in [0.2, 0.25) is 0 Å². The van der Waals surface area contributed by atoms with E-state index in [0.29, 0.717) is 5.92 Å². The van der Waals surface area contributed by atoms with E-state index in [1.807, 2.05) is 18.0 Å². The zero-order valence-corrected chi connectivity index (χ0v) is 13.7. The van der Waals surface area contributed by atoms with Crippen LogP contribution in [0.25, 0.3) is 0 Å². The van der Waals surface area contributed by atoms with E-state index in [9.17, 15) is 4.79 Å². The molecule has 0 aromatic carbocycles. The first kappa shape index (κ1) is 14.0. The minimum absolute atomic E-state index is 0.227. The Morgan fingerprint density at radius 2 is 2.27 bits per heavy atom. The van der Waals surface area contributed by atoms with Crippen LogP contribution in [0.4, 0.5) is 0 Å². The number of nitrogens with one attached hydrogen (secondary N) is 1. The first-order chi connectivity index (χ1) is 10.7. The maximum absolute atomic E-state index is 12.9. The average molecular weight is 315 g/mol. The molecule has 116 valence electrons. The van der Waals surface area contributed by atoms with Crippen molar-refractivity contribution in [2.24, 2.45) is 0 Å². The lowest BCUT2D eigenvalue weighted by Gasteiger charge is -2.18. The highest BCUT2D eigenvalue weighted by molar-refractivity contribution is 7.10. The van der Waals surface area contributed by atoms with E-state index >= 15 is 0 Å². The molecule has 4 rings (SSSR count). The summed E-state index contributed by atoms with van der Waals surface area (Å²) < 4.78 is 0. The molecule has 0 bridgehead atoms. The van der Waals surface area contributed by atoms with E-state index in [-0.39, 0.29) is 5.91 Å². The van der Waals surface area contributed by atoms with Crippen LogP contribution in [-0.4, -0.2) is 33.9 Å². The second kappa shape index (κ2) is 5.54. The normalized spacial score (nSPS) is 21.1. The second-order valence-corrected chi connectivity index (χ2v) is 7.41. The average Bonchev–Trinajstić information content (AvgIpc) is 3.25. The molecule has 3 heterocycles. The molecule has 1 saturated heterocycles. The quantitative estimate of drug-likeness (QED) is 0.924. The molecule has 2 aromatic rings. The number of fused-ring (bicyclic) bond motifs is 1. The molecule has 0 saturated carbocycles. The third-order valence-corrected chi connectivity index (χ3v) is 5.97. The summed E-state index contributed by atoms with van der Waals surface area (Å²) in [4.78, 5) is 24.1. The van der Waals surface area contributed by atoms with Gasteiger partial charge in [0.05, 0.1) is 5.56 Å². The number of carbonyl (C=O) groups excluding carboxylic acids is 1. The zero-order valence-electron chi connectivity index (χ0n) is 12.9. The predicted molar refractivity (Wildman–Crippen MR) is 87.5 cm³/mol. The van der Waals surface area contributed by atoms with Gasteiger partial charge in [0.25, 0.3) is 5.91 Å². The Bertz CT molecular complexity index is 703. The summed E-state index contributed by atoms with van der Waals surface area (Å²) in [6.07, 6.45) is 7.60. The molecule has 1 aliphatic carbocycles. The van der Waals surface area contributed by atoms with Crippen molar-refractivity contribution in [1.29, 1.82) is 0 Å². The summed E-state index contributed by atoms with van der Waals surface area (Å²) in [5, 5.41) is 2.09. The monoisotopic (exact) mass is 315 g/mol. The Balaban J connectivity index is 1.51. The minimum Gasteiger partial charge on any atom is -0.346 e. The number of carbonyl (C=O) groups is 1. The zero-order chi connectivity index (χ0) is 15.1. The molecule has 1 N–H and O–H groups in total. The van der Waals surface area contributed by atoms with Crippen LogP contribution < -0.4 is 0 Å². The molecular formula is C17H21N3OS.